The second kappa shape index (κ2) is 6.67. The second-order valence-electron chi connectivity index (χ2n) is 7.11. The van der Waals surface area contributed by atoms with Crippen molar-refractivity contribution in [3.8, 4) is 5.69 Å². The summed E-state index contributed by atoms with van der Waals surface area (Å²) in [6.45, 7) is 4.06. The van der Waals surface area contributed by atoms with Crippen molar-refractivity contribution in [1.29, 1.82) is 0 Å². The van der Waals surface area contributed by atoms with Crippen LogP contribution >= 0.6 is 11.6 Å². The molecule has 0 aliphatic carbocycles. The molecule has 7 heteroatoms. The van der Waals surface area contributed by atoms with Gasteiger partial charge in [-0.3, -0.25) is 13.9 Å². The van der Waals surface area contributed by atoms with E-state index in [2.05, 4.69) is 4.98 Å². The molecule has 1 unspecified atom stereocenters. The summed E-state index contributed by atoms with van der Waals surface area (Å²) in [5.41, 5.74) is 3.94. The lowest BCUT2D eigenvalue weighted by Gasteiger charge is -2.12. The van der Waals surface area contributed by atoms with Gasteiger partial charge in [0.1, 0.15) is 17.2 Å². The predicted octanol–water partition coefficient (Wildman–Crippen LogP) is 4.91. The monoisotopic (exact) mass is 403 g/mol. The third-order valence-electron chi connectivity index (χ3n) is 5.34. The minimum Gasteiger partial charge on any atom is -0.296 e. The summed E-state index contributed by atoms with van der Waals surface area (Å²) in [4.78, 5) is 27.7. The average molecular weight is 404 g/mol. The molecular formula is C22H18ClN5O. The number of hydrogen-bond acceptors (Lipinski definition) is 4. The Morgan fingerprint density at radius 3 is 2.38 bits per heavy atom. The van der Waals surface area contributed by atoms with E-state index >= 15 is 0 Å². The number of nitrogens with zero attached hydrogens (tertiary/aromatic N) is 5. The van der Waals surface area contributed by atoms with Crippen molar-refractivity contribution in [3.05, 3.63) is 70.2 Å². The number of halogens is 1. The van der Waals surface area contributed by atoms with Gasteiger partial charge in [0.05, 0.1) is 11.0 Å². The zero-order valence-electron chi connectivity index (χ0n) is 16.0. The molecule has 1 atom stereocenters. The Morgan fingerprint density at radius 2 is 1.69 bits per heavy atom. The van der Waals surface area contributed by atoms with Crippen molar-refractivity contribution < 1.29 is 0 Å². The first-order valence-electron chi connectivity index (χ1n) is 9.52. The van der Waals surface area contributed by atoms with Gasteiger partial charge < -0.3 is 0 Å². The molecule has 5 aromatic rings. The average Bonchev–Trinajstić information content (AvgIpc) is 3.06. The molecule has 0 aliphatic rings. The van der Waals surface area contributed by atoms with Gasteiger partial charge >= 0.3 is 0 Å². The lowest BCUT2D eigenvalue weighted by atomic mass is 10.2. The van der Waals surface area contributed by atoms with Crippen LogP contribution in [0.25, 0.3) is 38.9 Å². The van der Waals surface area contributed by atoms with Gasteiger partial charge in [-0.2, -0.15) is 0 Å². The molecule has 0 fully saturated rings. The summed E-state index contributed by atoms with van der Waals surface area (Å²) in [5, 5.41) is 1.12. The van der Waals surface area contributed by atoms with Crippen molar-refractivity contribution in [2.45, 2.75) is 26.3 Å². The maximum atomic E-state index is 13.4. The lowest BCUT2D eigenvalue weighted by molar-refractivity contribution is 0.510. The van der Waals surface area contributed by atoms with E-state index < -0.39 is 0 Å². The summed E-state index contributed by atoms with van der Waals surface area (Å²) in [7, 11) is 0. The molecule has 0 bridgehead atoms. The third kappa shape index (κ3) is 2.71. The highest BCUT2D eigenvalue weighted by Crippen LogP contribution is 2.29. The van der Waals surface area contributed by atoms with Crippen molar-refractivity contribution in [3.63, 3.8) is 0 Å². The minimum atomic E-state index is -0.105. The van der Waals surface area contributed by atoms with Crippen LogP contribution < -0.4 is 5.56 Å². The van der Waals surface area contributed by atoms with Crippen LogP contribution in [0.2, 0.25) is 5.02 Å². The minimum absolute atomic E-state index is 0.0433. The van der Waals surface area contributed by atoms with Crippen LogP contribution in [-0.2, 0) is 0 Å². The van der Waals surface area contributed by atoms with Gasteiger partial charge in [-0.15, -0.1) is 0 Å². The van der Waals surface area contributed by atoms with Gasteiger partial charge in [-0.1, -0.05) is 30.7 Å². The summed E-state index contributed by atoms with van der Waals surface area (Å²) in [6.07, 6.45) is 2.45. The van der Waals surface area contributed by atoms with Crippen LogP contribution in [-0.4, -0.2) is 24.1 Å². The van der Waals surface area contributed by atoms with Crippen LogP contribution in [0.3, 0.4) is 0 Å². The number of aromatic nitrogens is 5. The maximum Gasteiger partial charge on any atom is 0.265 e. The van der Waals surface area contributed by atoms with E-state index in [-0.39, 0.29) is 11.6 Å². The summed E-state index contributed by atoms with van der Waals surface area (Å²) in [6, 6.07) is 15.1. The SMILES string of the molecule is CCC(C)n1cnc2c(c1=O)c1nc3ccccc3nc1n2-c1ccc(Cl)cc1. The quantitative estimate of drug-likeness (QED) is 0.429. The van der Waals surface area contributed by atoms with Crippen molar-refractivity contribution in [1.82, 2.24) is 24.1 Å². The molecule has 3 heterocycles. The van der Waals surface area contributed by atoms with Crippen LogP contribution in [0.4, 0.5) is 0 Å². The highest BCUT2D eigenvalue weighted by Gasteiger charge is 2.21. The second-order valence-corrected chi connectivity index (χ2v) is 7.55. The Hall–Kier alpha value is -3.25. The van der Waals surface area contributed by atoms with Crippen molar-refractivity contribution in [2.75, 3.05) is 0 Å². The molecule has 0 aliphatic heterocycles. The zero-order chi connectivity index (χ0) is 20.1. The summed E-state index contributed by atoms with van der Waals surface area (Å²) < 4.78 is 3.55. The Labute approximate surface area is 171 Å². The third-order valence-corrected chi connectivity index (χ3v) is 5.59. The number of para-hydroxylation sites is 2. The van der Waals surface area contributed by atoms with Gasteiger partial charge in [-0.25, -0.2) is 15.0 Å². The van der Waals surface area contributed by atoms with E-state index in [4.69, 9.17) is 21.6 Å². The van der Waals surface area contributed by atoms with E-state index in [9.17, 15) is 4.79 Å². The Bertz CT molecular complexity index is 1440. The van der Waals surface area contributed by atoms with E-state index in [1.165, 1.54) is 0 Å². The molecule has 0 saturated heterocycles. The lowest BCUT2D eigenvalue weighted by Crippen LogP contribution is -2.23. The maximum absolute atomic E-state index is 13.4. The van der Waals surface area contributed by atoms with E-state index in [0.717, 1.165) is 23.1 Å². The predicted molar refractivity (Wildman–Crippen MR) is 116 cm³/mol. The number of hydrogen-bond donors (Lipinski definition) is 0. The molecule has 0 spiro atoms. The first-order valence-corrected chi connectivity index (χ1v) is 9.90. The van der Waals surface area contributed by atoms with Gasteiger partial charge in [0.2, 0.25) is 0 Å². The number of benzene rings is 2. The molecular weight excluding hydrogens is 386 g/mol. The molecule has 144 valence electrons. The van der Waals surface area contributed by atoms with E-state index in [1.807, 2.05) is 66.9 Å². The van der Waals surface area contributed by atoms with Gasteiger partial charge in [-0.05, 0) is 49.7 Å². The smallest absolute Gasteiger partial charge is 0.265 e. The number of fused-ring (bicyclic) bond motifs is 4. The largest absolute Gasteiger partial charge is 0.296 e. The Balaban J connectivity index is 1.98. The van der Waals surface area contributed by atoms with Crippen molar-refractivity contribution in [2.24, 2.45) is 0 Å². The van der Waals surface area contributed by atoms with Crippen LogP contribution in [0.15, 0.2) is 59.7 Å². The highest BCUT2D eigenvalue weighted by atomic mass is 35.5. The van der Waals surface area contributed by atoms with E-state index in [1.54, 1.807) is 10.9 Å². The van der Waals surface area contributed by atoms with Gasteiger partial charge in [0, 0.05) is 16.8 Å². The zero-order valence-corrected chi connectivity index (χ0v) is 16.8. The van der Waals surface area contributed by atoms with Gasteiger partial charge in [0.25, 0.3) is 5.56 Å². The highest BCUT2D eigenvalue weighted by molar-refractivity contribution is 6.30. The first-order chi connectivity index (χ1) is 14.1. The fourth-order valence-corrected chi connectivity index (χ4v) is 3.72. The van der Waals surface area contributed by atoms with Crippen LogP contribution in [0.5, 0.6) is 0 Å². The number of rotatable bonds is 3. The molecule has 5 rings (SSSR count). The molecule has 6 nitrogen and oxygen atoms in total. The standard InChI is InChI=1S/C22H18ClN5O/c1-3-13(2)27-12-24-20-18(22(27)29)19-21(26-17-7-5-4-6-16(17)25-19)28(20)15-10-8-14(23)9-11-15/h4-13H,3H2,1-2H3. The molecule has 29 heavy (non-hydrogen) atoms. The van der Waals surface area contributed by atoms with Crippen LogP contribution in [0.1, 0.15) is 26.3 Å². The molecule has 3 aromatic heterocycles. The topological polar surface area (TPSA) is 65.6 Å². The summed E-state index contributed by atoms with van der Waals surface area (Å²) in [5.74, 6) is 0. The molecule has 0 radical (unpaired) electrons. The first kappa shape index (κ1) is 17.8. The van der Waals surface area contributed by atoms with E-state index in [0.29, 0.717) is 27.2 Å². The molecule has 0 N–H and O–H groups in total. The fourth-order valence-electron chi connectivity index (χ4n) is 3.60. The Morgan fingerprint density at radius 1 is 1.00 bits per heavy atom. The molecule has 0 saturated carbocycles. The van der Waals surface area contributed by atoms with Gasteiger partial charge in [0.15, 0.2) is 11.3 Å². The molecule has 2 aromatic carbocycles. The fraction of sp³-hybridized carbons (Fsp3) is 0.182. The van der Waals surface area contributed by atoms with Crippen LogP contribution in [0, 0.1) is 0 Å². The summed E-state index contributed by atoms with van der Waals surface area (Å²) >= 11 is 6.08. The van der Waals surface area contributed by atoms with Crippen molar-refractivity contribution >= 4 is 44.8 Å². The normalized spacial score (nSPS) is 12.8. The Kier molecular flexibility index (Phi) is 4.10. The molecule has 0 amide bonds.